The third kappa shape index (κ3) is 3.66. The van der Waals surface area contributed by atoms with E-state index in [2.05, 4.69) is 15.3 Å². The largest absolute Gasteiger partial charge is 0.368 e. The predicted octanol–water partition coefficient (Wildman–Crippen LogP) is 3.65. The summed E-state index contributed by atoms with van der Waals surface area (Å²) in [5.41, 5.74) is 10.5. The van der Waals surface area contributed by atoms with Crippen LogP contribution in [0.5, 0.6) is 0 Å². The fraction of sp³-hybridized carbons (Fsp3) is 0.261. The zero-order valence-corrected chi connectivity index (χ0v) is 17.1. The molecule has 0 aliphatic heterocycles. The van der Waals surface area contributed by atoms with E-state index in [1.54, 1.807) is 25.1 Å². The number of amides is 1. The summed E-state index contributed by atoms with van der Waals surface area (Å²) in [6, 6.07) is 13.1. The molecule has 1 aliphatic carbocycles. The van der Waals surface area contributed by atoms with Crippen LogP contribution in [0, 0.1) is 0 Å². The lowest BCUT2D eigenvalue weighted by atomic mass is 9.95. The third-order valence-corrected chi connectivity index (χ3v) is 5.62. The number of pyridine rings is 1. The molecule has 2 aromatic heterocycles. The van der Waals surface area contributed by atoms with Gasteiger partial charge in [-0.3, -0.25) is 9.59 Å². The molecule has 0 spiro atoms. The minimum Gasteiger partial charge on any atom is -0.368 e. The van der Waals surface area contributed by atoms with Crippen LogP contribution in [0.15, 0.2) is 48.7 Å². The number of aromatic amines is 1. The molecule has 154 valence electrons. The highest BCUT2D eigenvalue weighted by atomic mass is 16.1. The Balaban J connectivity index is 1.80. The number of hydrogen-bond acceptors (Lipinski definition) is 5. The number of hydrogen-bond donors (Lipinski definition) is 3. The van der Waals surface area contributed by atoms with E-state index >= 15 is 0 Å². The highest BCUT2D eigenvalue weighted by Crippen LogP contribution is 2.39. The van der Waals surface area contributed by atoms with Gasteiger partial charge in [-0.15, -0.1) is 0 Å². The molecular formula is C23H25N5O2. The second-order valence-electron chi connectivity index (χ2n) is 7.59. The SMILES string of the molecule is C[C@H](C(N)=O)N(C)c1cc(-c2[nH]c3c(c2Nc2ccccc2)C(=O)CCC3)ccn1. The molecular weight excluding hydrogens is 378 g/mol. The van der Waals surface area contributed by atoms with Gasteiger partial charge in [-0.25, -0.2) is 4.98 Å². The number of fused-ring (bicyclic) bond motifs is 1. The number of aryl methyl sites for hydroxylation is 1. The molecule has 2 heterocycles. The maximum atomic E-state index is 12.7. The Morgan fingerprint density at radius 2 is 2.00 bits per heavy atom. The zero-order valence-electron chi connectivity index (χ0n) is 17.1. The molecule has 1 amide bonds. The first-order valence-corrected chi connectivity index (χ1v) is 10.0. The molecule has 30 heavy (non-hydrogen) atoms. The smallest absolute Gasteiger partial charge is 0.239 e. The molecule has 0 fully saturated rings. The van der Waals surface area contributed by atoms with E-state index in [-0.39, 0.29) is 5.78 Å². The van der Waals surface area contributed by atoms with Gasteiger partial charge in [-0.1, -0.05) is 18.2 Å². The number of likely N-dealkylation sites (N-methyl/N-ethyl adjacent to an activating group) is 1. The average molecular weight is 403 g/mol. The topological polar surface area (TPSA) is 104 Å². The zero-order chi connectivity index (χ0) is 21.3. The standard InChI is InChI=1S/C23H25N5O2/c1-14(23(24)30)28(2)19-13-15(11-12-25-19)21-22(26-16-7-4-3-5-8-16)20-17(27-21)9-6-10-18(20)29/h3-5,7-8,11-14,26-27H,6,9-10H2,1-2H3,(H2,24,30)/t14-/m1/s1. The number of para-hydroxylation sites is 1. The molecule has 4 rings (SSSR count). The van der Waals surface area contributed by atoms with Crippen LogP contribution >= 0.6 is 0 Å². The first kappa shape index (κ1) is 19.7. The van der Waals surface area contributed by atoms with E-state index in [0.717, 1.165) is 46.7 Å². The van der Waals surface area contributed by atoms with E-state index in [0.29, 0.717) is 12.2 Å². The molecule has 0 bridgehead atoms. The molecule has 7 heteroatoms. The fourth-order valence-corrected chi connectivity index (χ4v) is 3.76. The summed E-state index contributed by atoms with van der Waals surface area (Å²) in [6.45, 7) is 1.74. The summed E-state index contributed by atoms with van der Waals surface area (Å²) in [5.74, 6) is 0.353. The molecule has 0 radical (unpaired) electrons. The van der Waals surface area contributed by atoms with Crippen molar-refractivity contribution in [2.45, 2.75) is 32.2 Å². The van der Waals surface area contributed by atoms with E-state index in [1.807, 2.05) is 42.5 Å². The van der Waals surface area contributed by atoms with E-state index in [1.165, 1.54) is 0 Å². The molecule has 1 aromatic carbocycles. The van der Waals surface area contributed by atoms with Crippen LogP contribution in [-0.4, -0.2) is 34.7 Å². The van der Waals surface area contributed by atoms with Crippen molar-refractivity contribution in [3.05, 3.63) is 59.9 Å². The number of aromatic nitrogens is 2. The molecule has 1 aliphatic rings. The van der Waals surface area contributed by atoms with Crippen LogP contribution in [0.3, 0.4) is 0 Å². The highest BCUT2D eigenvalue weighted by molar-refractivity contribution is 6.07. The molecule has 4 N–H and O–H groups in total. The molecule has 1 atom stereocenters. The van der Waals surface area contributed by atoms with Crippen molar-refractivity contribution in [3.8, 4) is 11.3 Å². The number of nitrogens with one attached hydrogen (secondary N) is 2. The Bertz CT molecular complexity index is 1090. The minimum atomic E-state index is -0.493. The fourth-order valence-electron chi connectivity index (χ4n) is 3.76. The number of carbonyl (C=O) groups is 2. The number of ketones is 1. The number of carbonyl (C=O) groups excluding carboxylic acids is 2. The summed E-state index contributed by atoms with van der Waals surface area (Å²) in [6.07, 6.45) is 3.93. The number of nitrogens with two attached hydrogens (primary N) is 1. The Morgan fingerprint density at radius 1 is 1.23 bits per heavy atom. The maximum absolute atomic E-state index is 12.7. The number of benzene rings is 1. The Hall–Kier alpha value is -3.61. The molecule has 7 nitrogen and oxygen atoms in total. The number of nitrogens with zero attached hydrogens (tertiary/aromatic N) is 2. The molecule has 0 saturated heterocycles. The second kappa shape index (κ2) is 8.02. The minimum absolute atomic E-state index is 0.144. The van der Waals surface area contributed by atoms with Crippen molar-refractivity contribution in [3.63, 3.8) is 0 Å². The second-order valence-corrected chi connectivity index (χ2v) is 7.59. The van der Waals surface area contributed by atoms with Gasteiger partial charge >= 0.3 is 0 Å². The van der Waals surface area contributed by atoms with Crippen LogP contribution in [0.4, 0.5) is 17.2 Å². The van der Waals surface area contributed by atoms with Crippen molar-refractivity contribution < 1.29 is 9.59 Å². The van der Waals surface area contributed by atoms with Crippen LogP contribution < -0.4 is 16.0 Å². The first-order chi connectivity index (χ1) is 14.5. The van der Waals surface area contributed by atoms with Crippen LogP contribution in [0.25, 0.3) is 11.3 Å². The molecule has 0 unspecified atom stereocenters. The number of primary amides is 1. The van der Waals surface area contributed by atoms with Gasteiger partial charge < -0.3 is 20.9 Å². The third-order valence-electron chi connectivity index (χ3n) is 5.62. The van der Waals surface area contributed by atoms with Crippen molar-refractivity contribution in [2.24, 2.45) is 5.73 Å². The van der Waals surface area contributed by atoms with Crippen molar-refractivity contribution in [1.29, 1.82) is 0 Å². The van der Waals surface area contributed by atoms with Gasteiger partial charge in [-0.2, -0.15) is 0 Å². The van der Waals surface area contributed by atoms with Crippen LogP contribution in [0.1, 0.15) is 35.8 Å². The highest BCUT2D eigenvalue weighted by Gasteiger charge is 2.27. The maximum Gasteiger partial charge on any atom is 0.239 e. The van der Waals surface area contributed by atoms with E-state index in [4.69, 9.17) is 5.73 Å². The Morgan fingerprint density at radius 3 is 2.73 bits per heavy atom. The van der Waals surface area contributed by atoms with Gasteiger partial charge in [0, 0.05) is 36.6 Å². The normalized spacial score (nSPS) is 14.1. The van der Waals surface area contributed by atoms with Crippen molar-refractivity contribution in [2.75, 3.05) is 17.3 Å². The molecule has 0 saturated carbocycles. The number of anilines is 3. The first-order valence-electron chi connectivity index (χ1n) is 10.0. The lowest BCUT2D eigenvalue weighted by molar-refractivity contribution is -0.118. The number of Topliss-reactive ketones (excluding diaryl/α,β-unsaturated/α-hetero) is 1. The van der Waals surface area contributed by atoms with E-state index in [9.17, 15) is 9.59 Å². The monoisotopic (exact) mass is 403 g/mol. The number of H-pyrrole nitrogens is 1. The Kier molecular flexibility index (Phi) is 5.27. The van der Waals surface area contributed by atoms with Crippen LogP contribution in [0.2, 0.25) is 0 Å². The summed E-state index contributed by atoms with van der Waals surface area (Å²) in [7, 11) is 1.79. The van der Waals surface area contributed by atoms with Crippen molar-refractivity contribution in [1.82, 2.24) is 9.97 Å². The lowest BCUT2D eigenvalue weighted by Gasteiger charge is -2.23. The van der Waals surface area contributed by atoms with Gasteiger partial charge in [0.15, 0.2) is 5.78 Å². The van der Waals surface area contributed by atoms with Crippen molar-refractivity contribution >= 4 is 28.9 Å². The average Bonchev–Trinajstić information content (AvgIpc) is 3.13. The quantitative estimate of drug-likeness (QED) is 0.583. The summed E-state index contributed by atoms with van der Waals surface area (Å²) < 4.78 is 0. The Labute approximate surface area is 175 Å². The summed E-state index contributed by atoms with van der Waals surface area (Å²) in [4.78, 5) is 33.9. The van der Waals surface area contributed by atoms with Crippen LogP contribution in [-0.2, 0) is 11.2 Å². The molecule has 3 aromatic rings. The van der Waals surface area contributed by atoms with E-state index < -0.39 is 11.9 Å². The van der Waals surface area contributed by atoms with Gasteiger partial charge in [0.05, 0.1) is 16.9 Å². The van der Waals surface area contributed by atoms with Gasteiger partial charge in [0.2, 0.25) is 5.91 Å². The summed E-state index contributed by atoms with van der Waals surface area (Å²) in [5, 5.41) is 3.44. The van der Waals surface area contributed by atoms with Gasteiger partial charge in [0.25, 0.3) is 0 Å². The van der Waals surface area contributed by atoms with Gasteiger partial charge in [0.1, 0.15) is 11.9 Å². The van der Waals surface area contributed by atoms with Gasteiger partial charge in [-0.05, 0) is 44.0 Å². The lowest BCUT2D eigenvalue weighted by Crippen LogP contribution is -2.40. The predicted molar refractivity (Wildman–Crippen MR) is 118 cm³/mol. The number of rotatable bonds is 6. The summed E-state index contributed by atoms with van der Waals surface area (Å²) >= 11 is 0.